The van der Waals surface area contributed by atoms with Crippen molar-refractivity contribution < 1.29 is 19.1 Å². The third kappa shape index (κ3) is 5.64. The first-order chi connectivity index (χ1) is 22.0. The number of anilines is 1. The molecule has 2 aliphatic rings. The van der Waals surface area contributed by atoms with Crippen LogP contribution in [-0.2, 0) is 16.1 Å². The smallest absolute Gasteiger partial charge is 0.240 e. The summed E-state index contributed by atoms with van der Waals surface area (Å²) in [5.41, 5.74) is 7.16. The van der Waals surface area contributed by atoms with Gasteiger partial charge in [0.2, 0.25) is 18.6 Å². The summed E-state index contributed by atoms with van der Waals surface area (Å²) in [5.74, 6) is 1.63. The Hall–Kier alpha value is -5.09. The molecule has 7 rings (SSSR count). The Morgan fingerprint density at radius 1 is 0.978 bits per heavy atom. The first-order valence-corrected chi connectivity index (χ1v) is 15.8. The van der Waals surface area contributed by atoms with Crippen molar-refractivity contribution in [2.45, 2.75) is 25.6 Å². The lowest BCUT2D eigenvalue weighted by atomic mass is 9.99. The van der Waals surface area contributed by atoms with E-state index in [4.69, 9.17) is 14.6 Å². The number of aromatic nitrogens is 3. The first-order valence-electron chi connectivity index (χ1n) is 14.7. The van der Waals surface area contributed by atoms with Crippen molar-refractivity contribution in [2.75, 3.05) is 24.0 Å². The largest absolute Gasteiger partial charge is 0.454 e. The molecule has 226 valence electrons. The number of rotatable bonds is 7. The molecule has 10 heteroatoms. The van der Waals surface area contributed by atoms with Gasteiger partial charge >= 0.3 is 0 Å². The number of amides is 2. The highest BCUT2D eigenvalue weighted by atomic mass is 32.2. The van der Waals surface area contributed by atoms with Crippen LogP contribution in [0.25, 0.3) is 16.9 Å². The average Bonchev–Trinajstić information content (AvgIpc) is 3.65. The normalized spacial score (nSPS) is 15.5. The molecule has 0 unspecified atom stereocenters. The van der Waals surface area contributed by atoms with E-state index >= 15 is 0 Å². The molecular weight excluding hydrogens is 586 g/mol. The van der Waals surface area contributed by atoms with Crippen molar-refractivity contribution in [3.8, 4) is 28.4 Å². The maximum absolute atomic E-state index is 14.0. The van der Waals surface area contributed by atoms with Crippen LogP contribution in [-0.4, -0.2) is 45.7 Å². The summed E-state index contributed by atoms with van der Waals surface area (Å²) in [7, 11) is 0. The van der Waals surface area contributed by atoms with Gasteiger partial charge in [-0.05, 0) is 55.3 Å². The molecule has 1 atom stereocenters. The Morgan fingerprint density at radius 2 is 1.80 bits per heavy atom. The number of benzene rings is 3. The van der Waals surface area contributed by atoms with Crippen LogP contribution in [0.1, 0.15) is 33.2 Å². The Labute approximate surface area is 265 Å². The van der Waals surface area contributed by atoms with Crippen molar-refractivity contribution in [2.24, 2.45) is 0 Å². The zero-order valence-corrected chi connectivity index (χ0v) is 25.7. The minimum absolute atomic E-state index is 0.168. The van der Waals surface area contributed by atoms with E-state index in [0.29, 0.717) is 17.3 Å². The van der Waals surface area contributed by atoms with Crippen molar-refractivity contribution >= 4 is 29.4 Å². The molecule has 5 aromatic rings. The Kier molecular flexibility index (Phi) is 7.72. The summed E-state index contributed by atoms with van der Waals surface area (Å²) in [4.78, 5) is 33.4. The molecule has 0 fully saturated rings. The van der Waals surface area contributed by atoms with E-state index in [2.05, 4.69) is 16.4 Å². The molecule has 3 aromatic carbocycles. The number of carbonyl (C=O) groups is 2. The van der Waals surface area contributed by atoms with Gasteiger partial charge in [-0.2, -0.15) is 5.10 Å². The number of carbonyl (C=O) groups excluding carboxylic acids is 2. The molecule has 9 nitrogen and oxygen atoms in total. The van der Waals surface area contributed by atoms with Crippen LogP contribution >= 0.6 is 11.8 Å². The number of hydrogen-bond donors (Lipinski definition) is 1. The van der Waals surface area contributed by atoms with Gasteiger partial charge in [0.05, 0.1) is 34.6 Å². The van der Waals surface area contributed by atoms with Crippen LogP contribution in [0.3, 0.4) is 0 Å². The lowest BCUT2D eigenvalue weighted by molar-refractivity contribution is -0.123. The van der Waals surface area contributed by atoms with Gasteiger partial charge in [0.15, 0.2) is 11.5 Å². The van der Waals surface area contributed by atoms with Crippen molar-refractivity contribution in [3.05, 3.63) is 119 Å². The molecule has 0 bridgehead atoms. The molecule has 0 saturated carbocycles. The summed E-state index contributed by atoms with van der Waals surface area (Å²) >= 11 is 1.52. The Morgan fingerprint density at radius 3 is 2.60 bits per heavy atom. The van der Waals surface area contributed by atoms with Crippen LogP contribution < -0.4 is 19.7 Å². The van der Waals surface area contributed by atoms with E-state index in [9.17, 15) is 9.59 Å². The van der Waals surface area contributed by atoms with Gasteiger partial charge in [-0.25, -0.2) is 4.68 Å². The van der Waals surface area contributed by atoms with Crippen LogP contribution in [0.2, 0.25) is 0 Å². The van der Waals surface area contributed by atoms with Crippen LogP contribution in [0.4, 0.5) is 5.82 Å². The summed E-state index contributed by atoms with van der Waals surface area (Å²) in [6.07, 6.45) is 1.69. The second-order valence-corrected chi connectivity index (χ2v) is 12.1. The molecule has 2 aromatic heterocycles. The van der Waals surface area contributed by atoms with Gasteiger partial charge in [-0.15, -0.1) is 11.8 Å². The van der Waals surface area contributed by atoms with Crippen LogP contribution in [0.15, 0.2) is 91.1 Å². The van der Waals surface area contributed by atoms with E-state index in [1.54, 1.807) is 11.1 Å². The summed E-state index contributed by atoms with van der Waals surface area (Å²) in [5, 5.41) is 7.87. The predicted molar refractivity (Wildman–Crippen MR) is 174 cm³/mol. The average molecular weight is 618 g/mol. The summed E-state index contributed by atoms with van der Waals surface area (Å²) in [6.45, 7) is 4.34. The molecule has 0 saturated heterocycles. The Bertz CT molecular complexity index is 1890. The molecular formula is C35H31N5O4S. The van der Waals surface area contributed by atoms with Crippen molar-refractivity contribution in [3.63, 3.8) is 0 Å². The van der Waals surface area contributed by atoms with Gasteiger partial charge in [0.25, 0.3) is 0 Å². The van der Waals surface area contributed by atoms with E-state index in [0.717, 1.165) is 44.9 Å². The maximum Gasteiger partial charge on any atom is 0.240 e. The maximum atomic E-state index is 14.0. The molecule has 2 amide bonds. The standard InChI is InChI=1S/C35H31N5O4S/c1-22-11-13-27(23(2)16-22)40-35-32(33(38-40)24-8-4-3-5-9-24)34(25-12-14-28-29(17-25)44-21-43-28)45-20-31(42)39(35)19-30(41)37-18-26-10-6-7-15-36-26/h3-17,34H,18-21H2,1-2H3,(H,37,41)/t34-/m1/s1. The number of hydrogen-bond acceptors (Lipinski definition) is 7. The lowest BCUT2D eigenvalue weighted by Gasteiger charge is -2.24. The number of pyridine rings is 1. The van der Waals surface area contributed by atoms with E-state index in [-0.39, 0.29) is 42.7 Å². The van der Waals surface area contributed by atoms with Gasteiger partial charge in [-0.1, -0.05) is 60.2 Å². The highest BCUT2D eigenvalue weighted by Crippen LogP contribution is 2.50. The molecule has 1 N–H and O–H groups in total. The monoisotopic (exact) mass is 617 g/mol. The SMILES string of the molecule is Cc1ccc(-n2nc(-c3ccccc3)c3c2N(CC(=O)NCc2ccccn2)C(=O)CS[C@@H]3c2ccc3c(c2)OCO3)c(C)c1. The second kappa shape index (κ2) is 12.1. The molecule has 0 radical (unpaired) electrons. The minimum Gasteiger partial charge on any atom is -0.454 e. The summed E-state index contributed by atoms with van der Waals surface area (Å²) < 4.78 is 13.2. The van der Waals surface area contributed by atoms with Gasteiger partial charge in [0, 0.05) is 17.3 Å². The quantitative estimate of drug-likeness (QED) is 0.248. The highest BCUT2D eigenvalue weighted by Gasteiger charge is 2.38. The van der Waals surface area contributed by atoms with Crippen molar-refractivity contribution in [1.29, 1.82) is 0 Å². The fourth-order valence-corrected chi connectivity index (χ4v) is 6.96. The fraction of sp³-hybridized carbons (Fsp3) is 0.200. The number of fused-ring (bicyclic) bond motifs is 2. The third-order valence-corrected chi connectivity index (χ3v) is 9.17. The van der Waals surface area contributed by atoms with E-state index in [1.807, 2.05) is 97.4 Å². The Balaban J connectivity index is 1.40. The zero-order valence-electron chi connectivity index (χ0n) is 24.9. The number of nitrogens with zero attached hydrogens (tertiary/aromatic N) is 4. The van der Waals surface area contributed by atoms with E-state index < -0.39 is 0 Å². The van der Waals surface area contributed by atoms with Gasteiger partial charge in [-0.3, -0.25) is 19.5 Å². The first kappa shape index (κ1) is 28.7. The molecule has 2 aliphatic heterocycles. The zero-order chi connectivity index (χ0) is 30.9. The van der Waals surface area contributed by atoms with Crippen LogP contribution in [0, 0.1) is 13.8 Å². The molecule has 0 spiro atoms. The fourth-order valence-electron chi connectivity index (χ4n) is 5.77. The number of aryl methyl sites for hydroxylation is 2. The highest BCUT2D eigenvalue weighted by molar-refractivity contribution is 8.00. The summed E-state index contributed by atoms with van der Waals surface area (Å²) in [6, 6.07) is 27.6. The lowest BCUT2D eigenvalue weighted by Crippen LogP contribution is -2.42. The van der Waals surface area contributed by atoms with E-state index in [1.165, 1.54) is 11.8 Å². The molecule has 4 heterocycles. The topological polar surface area (TPSA) is 98.6 Å². The molecule has 0 aliphatic carbocycles. The second-order valence-electron chi connectivity index (χ2n) is 11.0. The molecule has 45 heavy (non-hydrogen) atoms. The van der Waals surface area contributed by atoms with Gasteiger partial charge < -0.3 is 14.8 Å². The van der Waals surface area contributed by atoms with Gasteiger partial charge in [0.1, 0.15) is 12.4 Å². The number of thioether (sulfide) groups is 1. The predicted octanol–water partition coefficient (Wildman–Crippen LogP) is 5.77. The number of nitrogens with one attached hydrogen (secondary N) is 1. The number of ether oxygens (including phenoxy) is 2. The van der Waals surface area contributed by atoms with Crippen LogP contribution in [0.5, 0.6) is 11.5 Å². The minimum atomic E-state index is -0.291. The van der Waals surface area contributed by atoms with Crippen molar-refractivity contribution in [1.82, 2.24) is 20.1 Å². The third-order valence-electron chi connectivity index (χ3n) is 7.91.